The Balaban J connectivity index is 2.48. The van der Waals surface area contributed by atoms with Crippen molar-refractivity contribution in [2.24, 2.45) is 0 Å². The summed E-state index contributed by atoms with van der Waals surface area (Å²) in [6.45, 7) is 13.1. The Hall–Kier alpha value is -1.62. The minimum Gasteiger partial charge on any atom is -0.336 e. The highest BCUT2D eigenvalue weighted by atomic mass is 16.2. The maximum absolute atomic E-state index is 12.9. The van der Waals surface area contributed by atoms with Crippen molar-refractivity contribution in [1.82, 2.24) is 14.8 Å². The zero-order valence-electron chi connectivity index (χ0n) is 14.3. The molecular weight excluding hydrogens is 278 g/mol. The van der Waals surface area contributed by atoms with E-state index in [1.807, 2.05) is 19.9 Å². The first kappa shape index (κ1) is 16.7. The van der Waals surface area contributed by atoms with Crippen LogP contribution in [0.3, 0.4) is 0 Å². The number of nitrogens with zero attached hydrogens (tertiary/aromatic N) is 2. The number of aromatic nitrogens is 1. The third-order valence-electron chi connectivity index (χ3n) is 4.04. The van der Waals surface area contributed by atoms with Crippen molar-refractivity contribution in [2.75, 3.05) is 26.2 Å². The van der Waals surface area contributed by atoms with Crippen LogP contribution in [0.1, 0.15) is 56.7 Å². The molecule has 1 aliphatic rings. The predicted octanol–water partition coefficient (Wildman–Crippen LogP) is 1.77. The van der Waals surface area contributed by atoms with Crippen LogP contribution in [-0.4, -0.2) is 41.6 Å². The van der Waals surface area contributed by atoms with Crippen molar-refractivity contribution in [1.29, 1.82) is 0 Å². The number of rotatable bonds is 2. The number of nitrogens with one attached hydrogen (secondary N) is 1. The molecule has 0 saturated carbocycles. The highest BCUT2D eigenvalue weighted by Crippen LogP contribution is 2.23. The van der Waals surface area contributed by atoms with Crippen molar-refractivity contribution >= 4 is 5.91 Å². The molecule has 1 aliphatic heterocycles. The lowest BCUT2D eigenvalue weighted by atomic mass is 9.90. The summed E-state index contributed by atoms with van der Waals surface area (Å²) in [5.41, 5.74) is 0.930. The molecule has 1 aromatic rings. The average molecular weight is 305 g/mol. The molecule has 0 unspecified atom stereocenters. The summed E-state index contributed by atoms with van der Waals surface area (Å²) in [4.78, 5) is 27.3. The molecule has 22 heavy (non-hydrogen) atoms. The first-order valence-electron chi connectivity index (χ1n) is 7.99. The Bertz CT molecular complexity index is 605. The van der Waals surface area contributed by atoms with Crippen LogP contribution in [0.25, 0.3) is 0 Å². The van der Waals surface area contributed by atoms with E-state index in [1.165, 1.54) is 0 Å². The second-order valence-corrected chi connectivity index (χ2v) is 7.19. The molecule has 0 bridgehead atoms. The highest BCUT2D eigenvalue weighted by Gasteiger charge is 2.26. The molecule has 1 amide bonds. The number of carbonyl (C=O) groups excluding carboxylic acids is 1. The molecule has 1 fully saturated rings. The molecule has 1 aromatic heterocycles. The monoisotopic (exact) mass is 305 g/mol. The van der Waals surface area contributed by atoms with Gasteiger partial charge in [0.1, 0.15) is 5.56 Å². The quantitative estimate of drug-likeness (QED) is 0.906. The van der Waals surface area contributed by atoms with E-state index in [0.717, 1.165) is 18.8 Å². The third kappa shape index (κ3) is 3.24. The van der Waals surface area contributed by atoms with E-state index in [1.54, 1.807) is 15.5 Å². The summed E-state index contributed by atoms with van der Waals surface area (Å²) in [6.07, 6.45) is 0. The lowest BCUT2D eigenvalue weighted by Crippen LogP contribution is -2.48. The van der Waals surface area contributed by atoms with Gasteiger partial charge in [-0.15, -0.1) is 0 Å². The van der Waals surface area contributed by atoms with Gasteiger partial charge in [-0.25, -0.2) is 0 Å². The van der Waals surface area contributed by atoms with Gasteiger partial charge in [0.05, 0.1) is 0 Å². The summed E-state index contributed by atoms with van der Waals surface area (Å²) in [6, 6.07) is 3.65. The van der Waals surface area contributed by atoms with Crippen molar-refractivity contribution in [3.8, 4) is 0 Å². The van der Waals surface area contributed by atoms with Crippen molar-refractivity contribution in [3.63, 3.8) is 0 Å². The fourth-order valence-corrected chi connectivity index (χ4v) is 2.88. The number of carbonyl (C=O) groups is 1. The fourth-order valence-electron chi connectivity index (χ4n) is 2.88. The van der Waals surface area contributed by atoms with Gasteiger partial charge in [-0.1, -0.05) is 20.8 Å². The zero-order chi connectivity index (χ0) is 16.5. The molecule has 2 heterocycles. The summed E-state index contributed by atoms with van der Waals surface area (Å²) in [7, 11) is 0. The Morgan fingerprint density at radius 2 is 1.77 bits per heavy atom. The highest BCUT2D eigenvalue weighted by molar-refractivity contribution is 5.94. The summed E-state index contributed by atoms with van der Waals surface area (Å²) in [5.74, 6) is -0.152. The Labute approximate surface area is 132 Å². The largest absolute Gasteiger partial charge is 0.336 e. The molecule has 1 saturated heterocycles. The lowest BCUT2D eigenvalue weighted by Gasteiger charge is -2.29. The molecule has 0 aromatic carbocycles. The third-order valence-corrected chi connectivity index (χ3v) is 4.04. The van der Waals surface area contributed by atoms with Crippen LogP contribution in [0.15, 0.2) is 16.9 Å². The number of hydrogen-bond donors (Lipinski definition) is 1. The van der Waals surface area contributed by atoms with Gasteiger partial charge in [0, 0.05) is 43.3 Å². The van der Waals surface area contributed by atoms with Gasteiger partial charge in [-0.2, -0.15) is 0 Å². The van der Waals surface area contributed by atoms with Crippen LogP contribution >= 0.6 is 0 Å². The van der Waals surface area contributed by atoms with Crippen LogP contribution in [0.4, 0.5) is 0 Å². The Kier molecular flexibility index (Phi) is 4.75. The molecule has 2 rings (SSSR count). The van der Waals surface area contributed by atoms with E-state index in [2.05, 4.69) is 26.1 Å². The summed E-state index contributed by atoms with van der Waals surface area (Å²) < 4.78 is 1.76. The van der Waals surface area contributed by atoms with E-state index in [0.29, 0.717) is 13.1 Å². The standard InChI is InChI=1S/C17H27N3O2/c1-12(2)20-14(17(3,4)5)7-6-13(16(20)22)15(21)19-10-8-18-9-11-19/h6-7,12,18H,8-11H2,1-5H3. The van der Waals surface area contributed by atoms with Gasteiger partial charge in [0.25, 0.3) is 11.5 Å². The SMILES string of the molecule is CC(C)n1c(C(C)(C)C)ccc(C(=O)N2CCNCC2)c1=O. The molecule has 0 aliphatic carbocycles. The van der Waals surface area contributed by atoms with E-state index in [9.17, 15) is 9.59 Å². The van der Waals surface area contributed by atoms with Crippen molar-refractivity contribution in [2.45, 2.75) is 46.1 Å². The van der Waals surface area contributed by atoms with Gasteiger partial charge < -0.3 is 14.8 Å². The molecule has 0 radical (unpaired) electrons. The number of pyridine rings is 1. The summed E-state index contributed by atoms with van der Waals surface area (Å²) in [5, 5.41) is 3.22. The van der Waals surface area contributed by atoms with E-state index in [4.69, 9.17) is 0 Å². The number of hydrogen-bond acceptors (Lipinski definition) is 3. The first-order chi connectivity index (χ1) is 10.2. The molecule has 5 heteroatoms. The molecule has 5 nitrogen and oxygen atoms in total. The topological polar surface area (TPSA) is 54.3 Å². The summed E-state index contributed by atoms with van der Waals surface area (Å²) >= 11 is 0. The minimum atomic E-state index is -0.175. The normalized spacial score (nSPS) is 16.2. The van der Waals surface area contributed by atoms with Crippen LogP contribution in [0, 0.1) is 0 Å². The minimum absolute atomic E-state index is 0.0255. The van der Waals surface area contributed by atoms with E-state index < -0.39 is 0 Å². The van der Waals surface area contributed by atoms with E-state index >= 15 is 0 Å². The smallest absolute Gasteiger partial charge is 0.263 e. The maximum atomic E-state index is 12.9. The van der Waals surface area contributed by atoms with Crippen LogP contribution in [-0.2, 0) is 5.41 Å². The van der Waals surface area contributed by atoms with Crippen molar-refractivity contribution < 1.29 is 4.79 Å². The molecular formula is C17H27N3O2. The fraction of sp³-hybridized carbons (Fsp3) is 0.647. The van der Waals surface area contributed by atoms with Crippen LogP contribution < -0.4 is 10.9 Å². The zero-order valence-corrected chi connectivity index (χ0v) is 14.3. The Morgan fingerprint density at radius 1 is 1.18 bits per heavy atom. The van der Waals surface area contributed by atoms with E-state index in [-0.39, 0.29) is 28.5 Å². The Morgan fingerprint density at radius 3 is 2.27 bits per heavy atom. The van der Waals surface area contributed by atoms with Gasteiger partial charge in [-0.05, 0) is 26.0 Å². The van der Waals surface area contributed by atoms with Crippen LogP contribution in [0.2, 0.25) is 0 Å². The van der Waals surface area contributed by atoms with Gasteiger partial charge >= 0.3 is 0 Å². The molecule has 122 valence electrons. The maximum Gasteiger partial charge on any atom is 0.263 e. The van der Waals surface area contributed by atoms with Crippen LogP contribution in [0.5, 0.6) is 0 Å². The lowest BCUT2D eigenvalue weighted by molar-refractivity contribution is 0.0733. The predicted molar refractivity (Wildman–Crippen MR) is 88.6 cm³/mol. The number of piperazine rings is 1. The van der Waals surface area contributed by atoms with Gasteiger partial charge in [-0.3, -0.25) is 9.59 Å². The van der Waals surface area contributed by atoms with Gasteiger partial charge in [0.15, 0.2) is 0 Å². The van der Waals surface area contributed by atoms with Crippen molar-refractivity contribution in [3.05, 3.63) is 33.7 Å². The molecule has 0 atom stereocenters. The second kappa shape index (κ2) is 6.24. The molecule has 0 spiro atoms. The second-order valence-electron chi connectivity index (χ2n) is 7.19. The number of amides is 1. The first-order valence-corrected chi connectivity index (χ1v) is 7.99. The average Bonchev–Trinajstić information content (AvgIpc) is 2.45. The van der Waals surface area contributed by atoms with Gasteiger partial charge in [0.2, 0.25) is 0 Å². The molecule has 1 N–H and O–H groups in total.